The number of nitrogens with one attached hydrogen (secondary N) is 1. The van der Waals surface area contributed by atoms with E-state index in [-0.39, 0.29) is 17.5 Å². The Labute approximate surface area is 109 Å². The van der Waals surface area contributed by atoms with Gasteiger partial charge in [-0.15, -0.1) is 6.42 Å². The lowest BCUT2D eigenvalue weighted by molar-refractivity contribution is -0.398. The second-order valence-corrected chi connectivity index (χ2v) is 5.29. The molecule has 3 heteroatoms. The highest BCUT2D eigenvalue weighted by molar-refractivity contribution is 5.80. The van der Waals surface area contributed by atoms with Gasteiger partial charge in [-0.05, 0) is 44.9 Å². The first kappa shape index (κ1) is 14.3. The number of hydrogen-bond donors (Lipinski definition) is 2. The molecule has 0 spiro atoms. The van der Waals surface area contributed by atoms with Gasteiger partial charge in [-0.3, -0.25) is 4.79 Å². The molecule has 0 aliphatic rings. The van der Waals surface area contributed by atoms with E-state index in [1.54, 1.807) is 6.92 Å². The molecular weight excluding hydrogens is 224 g/mol. The number of terminal acetylenes is 1. The van der Waals surface area contributed by atoms with Crippen LogP contribution in [0.15, 0.2) is 24.3 Å². The van der Waals surface area contributed by atoms with Gasteiger partial charge in [0.25, 0.3) is 5.91 Å². The van der Waals surface area contributed by atoms with Crippen molar-refractivity contribution in [2.24, 2.45) is 0 Å². The minimum atomic E-state index is -0.291. The van der Waals surface area contributed by atoms with Crippen LogP contribution in [0.1, 0.15) is 31.9 Å². The Balaban J connectivity index is 2.70. The van der Waals surface area contributed by atoms with Crippen LogP contribution in [0.4, 0.5) is 0 Å². The molecule has 0 bridgehead atoms. The van der Waals surface area contributed by atoms with Crippen LogP contribution in [0.2, 0.25) is 0 Å². The second kappa shape index (κ2) is 5.70. The maximum atomic E-state index is 11.6. The lowest BCUT2D eigenvalue weighted by Gasteiger charge is -2.26. The van der Waals surface area contributed by atoms with Crippen LogP contribution in [0.25, 0.3) is 0 Å². The Hall–Kier alpha value is -1.79. The van der Waals surface area contributed by atoms with Gasteiger partial charge in [0.2, 0.25) is 0 Å². The van der Waals surface area contributed by atoms with Gasteiger partial charge < -0.3 is 11.1 Å². The zero-order valence-corrected chi connectivity index (χ0v) is 11.3. The highest BCUT2D eigenvalue weighted by Gasteiger charge is 2.23. The molecule has 4 N–H and O–H groups in total. The Kier molecular flexibility index (Phi) is 4.52. The smallest absolute Gasteiger partial charge is 0.278 e. The molecule has 3 nitrogen and oxygen atoms in total. The summed E-state index contributed by atoms with van der Waals surface area (Å²) in [5.41, 5.74) is 5.44. The largest absolute Gasteiger partial charge is 0.348 e. The number of amides is 1. The van der Waals surface area contributed by atoms with E-state index in [4.69, 9.17) is 6.42 Å². The van der Waals surface area contributed by atoms with Crippen LogP contribution in [0, 0.1) is 12.3 Å². The molecule has 1 amide bonds. The SMILES string of the molecule is C#Cc1ccc(CC(C)(C)NC(=O)[C@H](C)[NH3+])cc1. The number of rotatable bonds is 4. The summed E-state index contributed by atoms with van der Waals surface area (Å²) in [5.74, 6) is 2.56. The highest BCUT2D eigenvalue weighted by atomic mass is 16.2. The summed E-state index contributed by atoms with van der Waals surface area (Å²) in [6, 6.07) is 7.58. The van der Waals surface area contributed by atoms with Gasteiger partial charge in [-0.1, -0.05) is 18.1 Å². The van der Waals surface area contributed by atoms with Crippen molar-refractivity contribution in [3.8, 4) is 12.3 Å². The Morgan fingerprint density at radius 3 is 2.44 bits per heavy atom. The Bertz CT molecular complexity index is 452. The van der Waals surface area contributed by atoms with Gasteiger partial charge in [-0.2, -0.15) is 0 Å². The fourth-order valence-electron chi connectivity index (χ4n) is 1.73. The molecule has 0 radical (unpaired) electrons. The zero-order chi connectivity index (χ0) is 13.8. The fourth-order valence-corrected chi connectivity index (χ4v) is 1.73. The quantitative estimate of drug-likeness (QED) is 0.755. The van der Waals surface area contributed by atoms with Crippen molar-refractivity contribution in [1.29, 1.82) is 0 Å². The lowest BCUT2D eigenvalue weighted by atomic mass is 9.94. The Morgan fingerprint density at radius 2 is 2.00 bits per heavy atom. The minimum absolute atomic E-state index is 0.0276. The predicted octanol–water partition coefficient (Wildman–Crippen LogP) is 0.736. The number of quaternary nitrogens is 1. The van der Waals surface area contributed by atoms with E-state index in [9.17, 15) is 4.79 Å². The van der Waals surface area contributed by atoms with Crippen molar-refractivity contribution in [1.82, 2.24) is 5.32 Å². The third-order valence-electron chi connectivity index (χ3n) is 2.68. The molecule has 0 aromatic heterocycles. The maximum absolute atomic E-state index is 11.6. The van der Waals surface area contributed by atoms with Gasteiger partial charge in [0.05, 0.1) is 0 Å². The van der Waals surface area contributed by atoms with E-state index in [0.29, 0.717) is 0 Å². The molecule has 1 aromatic carbocycles. The third-order valence-corrected chi connectivity index (χ3v) is 2.68. The molecular formula is C15H21N2O+. The van der Waals surface area contributed by atoms with E-state index in [1.165, 1.54) is 0 Å². The minimum Gasteiger partial charge on any atom is -0.348 e. The molecule has 96 valence electrons. The fraction of sp³-hybridized carbons (Fsp3) is 0.400. The van der Waals surface area contributed by atoms with Crippen LogP contribution in [-0.4, -0.2) is 17.5 Å². The molecule has 18 heavy (non-hydrogen) atoms. The third kappa shape index (κ3) is 4.23. The summed E-state index contributed by atoms with van der Waals surface area (Å²) in [6.07, 6.45) is 6.07. The Morgan fingerprint density at radius 1 is 1.44 bits per heavy atom. The van der Waals surface area contributed by atoms with E-state index in [2.05, 4.69) is 17.0 Å². The molecule has 0 aliphatic carbocycles. The standard InChI is InChI=1S/C15H20N2O/c1-5-12-6-8-13(9-7-12)10-15(3,4)17-14(18)11(2)16/h1,6-9,11H,10,16H2,2-4H3,(H,17,18)/p+1/t11-/m0/s1. The van der Waals surface area contributed by atoms with E-state index < -0.39 is 0 Å². The number of carbonyl (C=O) groups excluding carboxylic acids is 1. The number of hydrogen-bond acceptors (Lipinski definition) is 1. The molecule has 1 atom stereocenters. The maximum Gasteiger partial charge on any atom is 0.278 e. The van der Waals surface area contributed by atoms with Crippen LogP contribution in [0.5, 0.6) is 0 Å². The first-order chi connectivity index (χ1) is 8.34. The van der Waals surface area contributed by atoms with Crippen molar-refractivity contribution in [2.45, 2.75) is 38.8 Å². The monoisotopic (exact) mass is 245 g/mol. The first-order valence-electron chi connectivity index (χ1n) is 6.05. The predicted molar refractivity (Wildman–Crippen MR) is 72.7 cm³/mol. The van der Waals surface area contributed by atoms with Crippen LogP contribution < -0.4 is 11.1 Å². The average molecular weight is 245 g/mol. The highest BCUT2D eigenvalue weighted by Crippen LogP contribution is 2.13. The molecule has 0 fully saturated rings. The van der Waals surface area contributed by atoms with Crippen LogP contribution in [0.3, 0.4) is 0 Å². The molecule has 1 rings (SSSR count). The van der Waals surface area contributed by atoms with Gasteiger partial charge in [0.1, 0.15) is 0 Å². The molecule has 0 aliphatic heterocycles. The van der Waals surface area contributed by atoms with Crippen LogP contribution in [-0.2, 0) is 11.2 Å². The molecule has 0 heterocycles. The first-order valence-corrected chi connectivity index (χ1v) is 6.05. The van der Waals surface area contributed by atoms with E-state index in [1.807, 2.05) is 38.1 Å². The van der Waals surface area contributed by atoms with Gasteiger partial charge in [0, 0.05) is 11.1 Å². The summed E-state index contributed by atoms with van der Waals surface area (Å²) >= 11 is 0. The number of benzene rings is 1. The van der Waals surface area contributed by atoms with Gasteiger partial charge in [0.15, 0.2) is 6.04 Å². The average Bonchev–Trinajstić information content (AvgIpc) is 2.28. The second-order valence-electron chi connectivity index (χ2n) is 5.29. The molecule has 0 saturated heterocycles. The summed E-state index contributed by atoms with van der Waals surface area (Å²) < 4.78 is 0. The molecule has 0 unspecified atom stereocenters. The van der Waals surface area contributed by atoms with Crippen LogP contribution >= 0.6 is 0 Å². The number of carbonyl (C=O) groups is 1. The lowest BCUT2D eigenvalue weighted by Crippen LogP contribution is -2.67. The van der Waals surface area contributed by atoms with Crippen molar-refractivity contribution < 1.29 is 10.5 Å². The normalized spacial score (nSPS) is 12.6. The summed E-state index contributed by atoms with van der Waals surface area (Å²) in [6.45, 7) is 5.79. The van der Waals surface area contributed by atoms with Crippen molar-refractivity contribution in [3.63, 3.8) is 0 Å². The summed E-state index contributed by atoms with van der Waals surface area (Å²) in [5, 5.41) is 2.99. The van der Waals surface area contributed by atoms with Crippen molar-refractivity contribution in [2.75, 3.05) is 0 Å². The van der Waals surface area contributed by atoms with E-state index in [0.717, 1.165) is 17.5 Å². The summed E-state index contributed by atoms with van der Waals surface area (Å²) in [4.78, 5) is 11.6. The summed E-state index contributed by atoms with van der Waals surface area (Å²) in [7, 11) is 0. The van der Waals surface area contributed by atoms with Crippen molar-refractivity contribution >= 4 is 5.91 Å². The van der Waals surface area contributed by atoms with Gasteiger partial charge >= 0.3 is 0 Å². The molecule has 0 saturated carbocycles. The topological polar surface area (TPSA) is 56.7 Å². The van der Waals surface area contributed by atoms with Gasteiger partial charge in [-0.25, -0.2) is 0 Å². The molecule has 1 aromatic rings. The zero-order valence-electron chi connectivity index (χ0n) is 11.3. The van der Waals surface area contributed by atoms with E-state index >= 15 is 0 Å². The van der Waals surface area contributed by atoms with Crippen molar-refractivity contribution in [3.05, 3.63) is 35.4 Å².